The molecule has 0 bridgehead atoms. The lowest BCUT2D eigenvalue weighted by molar-refractivity contribution is -0.143. The number of benzene rings is 1. The number of carbonyl (C=O) groups is 4. The predicted molar refractivity (Wildman–Crippen MR) is 117 cm³/mol. The molecule has 168 valence electrons. The summed E-state index contributed by atoms with van der Waals surface area (Å²) in [4.78, 5) is 56.7. The molecular formula is C23H26N4O5. The number of likely N-dealkylation sites (N-methyl/N-ethyl adjacent to an activating group) is 1. The number of fused-ring (bicyclic) bond motifs is 1. The van der Waals surface area contributed by atoms with Crippen LogP contribution >= 0.6 is 0 Å². The van der Waals surface area contributed by atoms with Gasteiger partial charge in [0.25, 0.3) is 11.8 Å². The van der Waals surface area contributed by atoms with Gasteiger partial charge in [0, 0.05) is 38.1 Å². The molecular weight excluding hydrogens is 412 g/mol. The Morgan fingerprint density at radius 1 is 1.19 bits per heavy atom. The van der Waals surface area contributed by atoms with E-state index in [9.17, 15) is 19.2 Å². The maximum atomic E-state index is 13.1. The van der Waals surface area contributed by atoms with Gasteiger partial charge in [-0.05, 0) is 49.2 Å². The number of hydrogen-bond donors (Lipinski definition) is 1. The summed E-state index contributed by atoms with van der Waals surface area (Å²) in [6.07, 6.45) is 4.07. The van der Waals surface area contributed by atoms with E-state index in [1.807, 2.05) is 12.1 Å². The topological polar surface area (TPSA) is 109 Å². The molecule has 3 rings (SSSR count). The molecule has 1 aromatic heterocycles. The number of anilines is 1. The number of carbonyl (C=O) groups excluding carboxylic acids is 4. The Bertz CT molecular complexity index is 1010. The van der Waals surface area contributed by atoms with Gasteiger partial charge in [0.15, 0.2) is 0 Å². The highest BCUT2D eigenvalue weighted by molar-refractivity contribution is 6.10. The van der Waals surface area contributed by atoms with Gasteiger partial charge in [-0.3, -0.25) is 24.2 Å². The number of aromatic nitrogens is 1. The van der Waals surface area contributed by atoms with Crippen molar-refractivity contribution in [1.82, 2.24) is 14.8 Å². The van der Waals surface area contributed by atoms with Crippen LogP contribution in [0.5, 0.6) is 0 Å². The second-order valence-electron chi connectivity index (χ2n) is 7.42. The van der Waals surface area contributed by atoms with E-state index in [-0.39, 0.29) is 43.5 Å². The third-order valence-corrected chi connectivity index (χ3v) is 5.12. The molecule has 1 aliphatic rings. The van der Waals surface area contributed by atoms with Gasteiger partial charge in [0.2, 0.25) is 5.91 Å². The minimum absolute atomic E-state index is 0.0153. The molecule has 0 unspecified atom stereocenters. The molecule has 0 atom stereocenters. The van der Waals surface area contributed by atoms with Crippen molar-refractivity contribution < 1.29 is 23.9 Å². The lowest BCUT2D eigenvalue weighted by atomic mass is 10.1. The molecule has 0 fully saturated rings. The van der Waals surface area contributed by atoms with Gasteiger partial charge in [0.1, 0.15) is 6.54 Å². The molecule has 9 heteroatoms. The summed E-state index contributed by atoms with van der Waals surface area (Å²) >= 11 is 0. The summed E-state index contributed by atoms with van der Waals surface area (Å²) in [5.74, 6) is -1.46. The van der Waals surface area contributed by atoms with Crippen molar-refractivity contribution in [3.8, 4) is 0 Å². The molecule has 1 aliphatic heterocycles. The molecule has 0 spiro atoms. The van der Waals surface area contributed by atoms with E-state index in [1.165, 1.54) is 11.0 Å². The van der Waals surface area contributed by atoms with Crippen molar-refractivity contribution in [3.05, 3.63) is 59.4 Å². The van der Waals surface area contributed by atoms with E-state index < -0.39 is 11.9 Å². The SMILES string of the molecule is CCOC(=O)CCN1CC(=O)Nc2ccc(C(=O)N(C)CCc3ccncc3)cc2C1=O. The van der Waals surface area contributed by atoms with Crippen LogP contribution < -0.4 is 5.32 Å². The second kappa shape index (κ2) is 10.5. The number of pyridine rings is 1. The average molecular weight is 438 g/mol. The first-order valence-corrected chi connectivity index (χ1v) is 10.4. The molecule has 1 N–H and O–H groups in total. The maximum Gasteiger partial charge on any atom is 0.307 e. The Kier molecular flexibility index (Phi) is 7.54. The number of nitrogens with one attached hydrogen (secondary N) is 1. The van der Waals surface area contributed by atoms with Crippen LogP contribution in [0.2, 0.25) is 0 Å². The van der Waals surface area contributed by atoms with Gasteiger partial charge in [0.05, 0.1) is 24.3 Å². The molecule has 2 heterocycles. The third kappa shape index (κ3) is 5.69. The van der Waals surface area contributed by atoms with Gasteiger partial charge in [-0.25, -0.2) is 0 Å². The smallest absolute Gasteiger partial charge is 0.307 e. The Hall–Kier alpha value is -3.75. The van der Waals surface area contributed by atoms with E-state index in [2.05, 4.69) is 10.3 Å². The standard InChI is InChI=1S/C23H26N4O5/c1-3-32-21(29)9-13-27-15-20(28)25-19-5-4-17(14-18(19)23(27)31)22(30)26(2)12-8-16-6-10-24-11-7-16/h4-7,10-11,14H,3,8-9,12-13,15H2,1-2H3,(H,25,28). The number of ether oxygens (including phenoxy) is 1. The summed E-state index contributed by atoms with van der Waals surface area (Å²) in [6.45, 7) is 2.31. The molecule has 1 aromatic carbocycles. The Morgan fingerprint density at radius 2 is 1.94 bits per heavy atom. The van der Waals surface area contributed by atoms with Crippen molar-refractivity contribution in [2.45, 2.75) is 19.8 Å². The van der Waals surface area contributed by atoms with Gasteiger partial charge >= 0.3 is 5.97 Å². The number of esters is 1. The van der Waals surface area contributed by atoms with E-state index in [1.54, 1.807) is 43.4 Å². The summed E-state index contributed by atoms with van der Waals surface area (Å²) < 4.78 is 4.90. The number of nitrogens with zero attached hydrogens (tertiary/aromatic N) is 3. The number of hydrogen-bond acceptors (Lipinski definition) is 6. The van der Waals surface area contributed by atoms with Crippen molar-refractivity contribution >= 4 is 29.4 Å². The molecule has 9 nitrogen and oxygen atoms in total. The second-order valence-corrected chi connectivity index (χ2v) is 7.42. The van der Waals surface area contributed by atoms with Gasteiger partial charge in [-0.2, -0.15) is 0 Å². The first kappa shape index (κ1) is 22.9. The minimum Gasteiger partial charge on any atom is -0.466 e. The van der Waals surface area contributed by atoms with Crippen LogP contribution in [0.4, 0.5) is 5.69 Å². The Balaban J connectivity index is 1.74. The van der Waals surface area contributed by atoms with Crippen LogP contribution in [0, 0.1) is 0 Å². The largest absolute Gasteiger partial charge is 0.466 e. The van der Waals surface area contributed by atoms with Gasteiger partial charge in [-0.1, -0.05) is 0 Å². The van der Waals surface area contributed by atoms with Crippen molar-refractivity contribution in [1.29, 1.82) is 0 Å². The van der Waals surface area contributed by atoms with E-state index in [0.29, 0.717) is 24.2 Å². The first-order chi connectivity index (χ1) is 15.4. The minimum atomic E-state index is -0.440. The molecule has 0 saturated carbocycles. The predicted octanol–water partition coefficient (Wildman–Crippen LogP) is 1.74. The zero-order chi connectivity index (χ0) is 23.1. The normalized spacial score (nSPS) is 13.1. The van der Waals surface area contributed by atoms with E-state index in [0.717, 1.165) is 5.56 Å². The highest BCUT2D eigenvalue weighted by atomic mass is 16.5. The molecule has 0 radical (unpaired) electrons. The zero-order valence-corrected chi connectivity index (χ0v) is 18.2. The van der Waals surface area contributed by atoms with Gasteiger partial charge in [-0.15, -0.1) is 0 Å². The molecule has 0 saturated heterocycles. The summed E-state index contributed by atoms with van der Waals surface area (Å²) in [6, 6.07) is 8.43. The third-order valence-electron chi connectivity index (χ3n) is 5.12. The Labute approximate surface area is 186 Å². The number of rotatable bonds is 8. The van der Waals surface area contributed by atoms with Crippen LogP contribution in [0.25, 0.3) is 0 Å². The molecule has 32 heavy (non-hydrogen) atoms. The van der Waals surface area contributed by atoms with Crippen LogP contribution in [-0.4, -0.2) is 71.8 Å². The molecule has 2 aromatic rings. The summed E-state index contributed by atoms with van der Waals surface area (Å²) in [7, 11) is 1.70. The highest BCUT2D eigenvalue weighted by Gasteiger charge is 2.28. The van der Waals surface area contributed by atoms with Crippen LogP contribution in [0.1, 0.15) is 39.6 Å². The fraction of sp³-hybridized carbons (Fsp3) is 0.348. The lowest BCUT2D eigenvalue weighted by Gasteiger charge is -2.20. The molecule has 0 aliphatic carbocycles. The Morgan fingerprint density at radius 3 is 2.66 bits per heavy atom. The lowest BCUT2D eigenvalue weighted by Crippen LogP contribution is -2.36. The van der Waals surface area contributed by atoms with Crippen LogP contribution in [0.3, 0.4) is 0 Å². The van der Waals surface area contributed by atoms with Crippen molar-refractivity contribution in [3.63, 3.8) is 0 Å². The quantitative estimate of drug-likeness (QED) is 0.629. The van der Waals surface area contributed by atoms with Crippen LogP contribution in [0.15, 0.2) is 42.7 Å². The zero-order valence-electron chi connectivity index (χ0n) is 18.2. The van der Waals surface area contributed by atoms with Crippen molar-refractivity contribution in [2.75, 3.05) is 38.6 Å². The van der Waals surface area contributed by atoms with Crippen LogP contribution in [-0.2, 0) is 20.7 Å². The average Bonchev–Trinajstić information content (AvgIpc) is 2.91. The first-order valence-electron chi connectivity index (χ1n) is 10.4. The van der Waals surface area contributed by atoms with Gasteiger partial charge < -0.3 is 19.9 Å². The summed E-state index contributed by atoms with van der Waals surface area (Å²) in [5.41, 5.74) is 1.97. The fourth-order valence-electron chi connectivity index (χ4n) is 3.38. The van der Waals surface area contributed by atoms with E-state index in [4.69, 9.17) is 4.74 Å². The fourth-order valence-corrected chi connectivity index (χ4v) is 3.38. The van der Waals surface area contributed by atoms with Crippen molar-refractivity contribution in [2.24, 2.45) is 0 Å². The van der Waals surface area contributed by atoms with E-state index >= 15 is 0 Å². The molecule has 3 amide bonds. The maximum absolute atomic E-state index is 13.1. The number of amides is 3. The summed E-state index contributed by atoms with van der Waals surface area (Å²) in [5, 5.41) is 2.69. The monoisotopic (exact) mass is 438 g/mol. The highest BCUT2D eigenvalue weighted by Crippen LogP contribution is 2.23.